The first-order valence-electron chi connectivity index (χ1n) is 11.5. The van der Waals surface area contributed by atoms with Gasteiger partial charge < -0.3 is 4.43 Å². The van der Waals surface area contributed by atoms with Crippen LogP contribution < -0.4 is 0 Å². The minimum atomic E-state index is -3.59. The topological polar surface area (TPSA) is 55.7 Å². The summed E-state index contributed by atoms with van der Waals surface area (Å²) in [6.45, 7) is 18.3. The lowest BCUT2D eigenvalue weighted by Crippen LogP contribution is -2.57. The van der Waals surface area contributed by atoms with Crippen molar-refractivity contribution in [1.82, 2.24) is 0 Å². The predicted molar refractivity (Wildman–Crippen MR) is 132 cm³/mol. The van der Waals surface area contributed by atoms with Gasteiger partial charge in [0.2, 0.25) is 8.32 Å². The molecule has 0 saturated heterocycles. The second kappa shape index (κ2) is 8.51. The van der Waals surface area contributed by atoms with Crippen molar-refractivity contribution < 1.29 is 12.8 Å². The van der Waals surface area contributed by atoms with Gasteiger partial charge in [0.25, 0.3) is 0 Å². The highest BCUT2D eigenvalue weighted by Crippen LogP contribution is 2.50. The molecule has 3 unspecified atom stereocenters. The molecule has 0 bridgehead atoms. The van der Waals surface area contributed by atoms with Gasteiger partial charge in [-0.3, -0.25) is 4.99 Å². The van der Waals surface area contributed by atoms with Crippen LogP contribution in [0.3, 0.4) is 0 Å². The van der Waals surface area contributed by atoms with Crippen LogP contribution in [0.4, 0.5) is 0 Å². The zero-order valence-electron chi connectivity index (χ0n) is 20.1. The average molecular weight is 462 g/mol. The average Bonchev–Trinajstić information content (AvgIpc) is 2.67. The number of fused-ring (bicyclic) bond motifs is 1. The van der Waals surface area contributed by atoms with Crippen molar-refractivity contribution in [1.29, 1.82) is 0 Å². The number of benzene rings is 1. The predicted octanol–water partition coefficient (Wildman–Crippen LogP) is 6.41. The van der Waals surface area contributed by atoms with Crippen LogP contribution in [0, 0.1) is 11.8 Å². The van der Waals surface area contributed by atoms with Gasteiger partial charge in [0, 0.05) is 18.7 Å². The summed E-state index contributed by atoms with van der Waals surface area (Å²) in [7, 11) is -5.62. The quantitative estimate of drug-likeness (QED) is 0.363. The van der Waals surface area contributed by atoms with Crippen LogP contribution in [0.25, 0.3) is 0 Å². The largest absolute Gasteiger partial charge is 0.547 e. The first-order valence-corrected chi connectivity index (χ1v) is 15.9. The molecule has 0 spiro atoms. The summed E-state index contributed by atoms with van der Waals surface area (Å²) >= 11 is 0. The molecular formula is C25H39NO3SSi. The van der Waals surface area contributed by atoms with E-state index in [4.69, 9.17) is 9.42 Å². The maximum atomic E-state index is 14.1. The molecule has 0 amide bonds. The molecule has 1 saturated carbocycles. The Balaban J connectivity index is 2.02. The van der Waals surface area contributed by atoms with E-state index in [2.05, 4.69) is 47.4 Å². The summed E-state index contributed by atoms with van der Waals surface area (Å²) in [5, 5.41) is 0.0705. The van der Waals surface area contributed by atoms with Crippen molar-refractivity contribution in [2.75, 3.05) is 6.54 Å². The lowest BCUT2D eigenvalue weighted by molar-refractivity contribution is 0.254. The molecule has 1 heterocycles. The van der Waals surface area contributed by atoms with Crippen molar-refractivity contribution in [2.45, 2.75) is 87.6 Å². The van der Waals surface area contributed by atoms with E-state index >= 15 is 0 Å². The smallest absolute Gasteiger partial charge is 0.250 e. The Morgan fingerprint density at radius 3 is 2.52 bits per heavy atom. The van der Waals surface area contributed by atoms with Gasteiger partial charge in [0.05, 0.1) is 10.7 Å². The first kappa shape index (κ1) is 24.2. The highest BCUT2D eigenvalue weighted by atomic mass is 32.2. The van der Waals surface area contributed by atoms with Crippen molar-refractivity contribution >= 4 is 23.9 Å². The Bertz CT molecular complexity index is 947. The summed E-state index contributed by atoms with van der Waals surface area (Å²) < 4.78 is 33.8. The summed E-state index contributed by atoms with van der Waals surface area (Å²) in [6, 6.07) is 8.94. The van der Waals surface area contributed by atoms with E-state index in [1.54, 1.807) is 12.1 Å². The van der Waals surface area contributed by atoms with E-state index in [-0.39, 0.29) is 11.0 Å². The monoisotopic (exact) mass is 461 g/mol. The fraction of sp³-hybridized carbons (Fsp3) is 0.640. The SMILES string of the molecule is C=C(CC1CC(C)CC2=NCCCC21S(=O)(=O)c1ccccc1)O[Si](C)(C)C(C)(C)C. The van der Waals surface area contributed by atoms with E-state index in [0.717, 1.165) is 37.3 Å². The molecule has 1 aromatic carbocycles. The second-order valence-electron chi connectivity index (χ2n) is 11.0. The molecule has 31 heavy (non-hydrogen) atoms. The van der Waals surface area contributed by atoms with Gasteiger partial charge in [-0.15, -0.1) is 0 Å². The second-order valence-corrected chi connectivity index (χ2v) is 17.9. The van der Waals surface area contributed by atoms with Gasteiger partial charge in [0.1, 0.15) is 4.75 Å². The molecule has 0 N–H and O–H groups in total. The lowest BCUT2D eigenvalue weighted by Gasteiger charge is -2.48. The maximum absolute atomic E-state index is 14.1. The number of rotatable bonds is 6. The van der Waals surface area contributed by atoms with Gasteiger partial charge in [-0.25, -0.2) is 8.42 Å². The van der Waals surface area contributed by atoms with E-state index < -0.39 is 22.9 Å². The van der Waals surface area contributed by atoms with Crippen LogP contribution in [0.2, 0.25) is 18.1 Å². The van der Waals surface area contributed by atoms with Gasteiger partial charge >= 0.3 is 0 Å². The molecule has 0 radical (unpaired) electrons. The van der Waals surface area contributed by atoms with E-state index in [9.17, 15) is 8.42 Å². The molecule has 3 atom stereocenters. The molecule has 1 aliphatic heterocycles. The fourth-order valence-electron chi connectivity index (χ4n) is 5.00. The molecule has 6 heteroatoms. The number of sulfone groups is 1. The zero-order chi connectivity index (χ0) is 23.1. The molecule has 3 rings (SSSR count). The van der Waals surface area contributed by atoms with Crippen LogP contribution in [-0.4, -0.2) is 33.7 Å². The molecule has 1 fully saturated rings. The summed E-state index contributed by atoms with van der Waals surface area (Å²) in [5.41, 5.74) is 0.881. The Labute approximate surface area is 190 Å². The molecule has 0 aromatic heterocycles. The minimum absolute atomic E-state index is 0.0705. The Hall–Kier alpha value is -1.40. The molecule has 1 aliphatic carbocycles. The summed E-state index contributed by atoms with van der Waals surface area (Å²) in [6.07, 6.45) is 3.62. The first-order chi connectivity index (χ1) is 14.3. The maximum Gasteiger partial charge on any atom is 0.250 e. The van der Waals surface area contributed by atoms with Crippen LogP contribution in [-0.2, 0) is 14.3 Å². The number of hydrogen-bond donors (Lipinski definition) is 0. The fourth-order valence-corrected chi connectivity index (χ4v) is 8.53. The van der Waals surface area contributed by atoms with Gasteiger partial charge in [-0.05, 0) is 67.8 Å². The summed E-state index contributed by atoms with van der Waals surface area (Å²) in [4.78, 5) is 5.22. The van der Waals surface area contributed by atoms with Gasteiger partial charge in [-0.1, -0.05) is 52.5 Å². The Morgan fingerprint density at radius 1 is 1.26 bits per heavy atom. The molecule has 172 valence electrons. The van der Waals surface area contributed by atoms with Gasteiger partial charge in [-0.2, -0.15) is 0 Å². The molecular weight excluding hydrogens is 422 g/mol. The van der Waals surface area contributed by atoms with Crippen molar-refractivity contribution in [3.8, 4) is 0 Å². The number of allylic oxidation sites excluding steroid dienone is 1. The third-order valence-corrected chi connectivity index (χ3v) is 14.6. The Morgan fingerprint density at radius 2 is 1.90 bits per heavy atom. The third kappa shape index (κ3) is 4.43. The number of hydrogen-bond acceptors (Lipinski definition) is 4. The van der Waals surface area contributed by atoms with Crippen molar-refractivity contribution in [2.24, 2.45) is 16.8 Å². The molecule has 4 nitrogen and oxygen atoms in total. The van der Waals surface area contributed by atoms with E-state index in [1.165, 1.54) is 0 Å². The third-order valence-electron chi connectivity index (χ3n) is 7.60. The van der Waals surface area contributed by atoms with E-state index in [1.807, 2.05) is 18.2 Å². The molecule has 1 aromatic rings. The standard InChI is InChI=1S/C25H39NO3SSi/c1-19-16-21(18-20(2)29-31(6,7)24(3,4)5)25(14-11-15-26-23(25)17-19)30(27,28)22-12-9-8-10-13-22/h8-10,12-13,19,21H,2,11,14-18H2,1,3-7H3. The summed E-state index contributed by atoms with van der Waals surface area (Å²) in [5.74, 6) is 1.07. The van der Waals surface area contributed by atoms with Crippen LogP contribution >= 0.6 is 0 Å². The number of aliphatic imine (C=N–C) groups is 1. The van der Waals surface area contributed by atoms with Crippen molar-refractivity contribution in [3.05, 3.63) is 42.7 Å². The highest BCUT2D eigenvalue weighted by molar-refractivity contribution is 7.93. The van der Waals surface area contributed by atoms with Gasteiger partial charge in [0.15, 0.2) is 9.84 Å². The van der Waals surface area contributed by atoms with Crippen LogP contribution in [0.1, 0.15) is 59.8 Å². The Kier molecular flexibility index (Phi) is 6.65. The van der Waals surface area contributed by atoms with E-state index in [0.29, 0.717) is 23.7 Å². The van der Waals surface area contributed by atoms with Crippen molar-refractivity contribution in [3.63, 3.8) is 0 Å². The van der Waals surface area contributed by atoms with Crippen LogP contribution in [0.15, 0.2) is 52.6 Å². The normalized spacial score (nSPS) is 27.2. The van der Waals surface area contributed by atoms with Crippen LogP contribution in [0.5, 0.6) is 0 Å². The molecule has 2 aliphatic rings. The zero-order valence-corrected chi connectivity index (χ0v) is 21.9. The number of nitrogens with zero attached hydrogens (tertiary/aromatic N) is 1. The minimum Gasteiger partial charge on any atom is -0.547 e. The highest BCUT2D eigenvalue weighted by Gasteiger charge is 2.57. The lowest BCUT2D eigenvalue weighted by atomic mass is 9.68.